The van der Waals surface area contributed by atoms with Crippen LogP contribution in [0.25, 0.3) is 5.52 Å². The summed E-state index contributed by atoms with van der Waals surface area (Å²) in [5, 5.41) is 4.03. The minimum atomic E-state index is -0.393. The van der Waals surface area contributed by atoms with E-state index < -0.39 is 5.97 Å². The van der Waals surface area contributed by atoms with E-state index in [-0.39, 0.29) is 0 Å². The van der Waals surface area contributed by atoms with Crippen LogP contribution in [0.2, 0.25) is 0 Å². The molecule has 2 aromatic heterocycles. The number of hydrogen-bond acceptors (Lipinski definition) is 4. The van der Waals surface area contributed by atoms with Gasteiger partial charge in [-0.15, -0.1) is 0 Å². The molecule has 2 rings (SSSR count). The van der Waals surface area contributed by atoms with Crippen molar-refractivity contribution in [2.75, 3.05) is 14.2 Å². The zero-order valence-electron chi connectivity index (χ0n) is 8.43. The summed E-state index contributed by atoms with van der Waals surface area (Å²) in [6.07, 6.45) is 3.17. The lowest BCUT2D eigenvalue weighted by molar-refractivity contribution is 0.0603. The predicted molar refractivity (Wildman–Crippen MR) is 53.1 cm³/mol. The minimum absolute atomic E-state index is 0.393. The lowest BCUT2D eigenvalue weighted by atomic mass is 10.2. The van der Waals surface area contributed by atoms with Crippen LogP contribution in [0.5, 0.6) is 5.75 Å². The quantitative estimate of drug-likeness (QED) is 0.691. The van der Waals surface area contributed by atoms with Crippen molar-refractivity contribution in [2.24, 2.45) is 0 Å². The summed E-state index contributed by atoms with van der Waals surface area (Å²) in [5.74, 6) is 0.289. The van der Waals surface area contributed by atoms with Gasteiger partial charge in [0.25, 0.3) is 0 Å². The Morgan fingerprint density at radius 3 is 2.87 bits per heavy atom. The second-order valence-electron chi connectivity index (χ2n) is 2.95. The van der Waals surface area contributed by atoms with Gasteiger partial charge in [0.15, 0.2) is 0 Å². The molecule has 2 aromatic rings. The van der Waals surface area contributed by atoms with Crippen molar-refractivity contribution in [3.63, 3.8) is 0 Å². The number of rotatable bonds is 2. The van der Waals surface area contributed by atoms with Crippen LogP contribution >= 0.6 is 0 Å². The van der Waals surface area contributed by atoms with Gasteiger partial charge < -0.3 is 9.47 Å². The minimum Gasteiger partial charge on any atom is -0.495 e. The highest BCUT2D eigenvalue weighted by atomic mass is 16.5. The summed E-state index contributed by atoms with van der Waals surface area (Å²) < 4.78 is 11.3. The first-order chi connectivity index (χ1) is 7.26. The molecule has 0 saturated heterocycles. The average molecular weight is 206 g/mol. The van der Waals surface area contributed by atoms with Gasteiger partial charge in [0, 0.05) is 0 Å². The summed E-state index contributed by atoms with van der Waals surface area (Å²) in [5.41, 5.74) is 1.14. The van der Waals surface area contributed by atoms with Gasteiger partial charge >= 0.3 is 5.97 Å². The highest BCUT2D eigenvalue weighted by molar-refractivity contribution is 5.96. The SMILES string of the molecule is COC(=O)c1cnn2cc(OC)ccc12. The van der Waals surface area contributed by atoms with Crippen LogP contribution in [-0.4, -0.2) is 29.8 Å². The number of fused-ring (bicyclic) bond motifs is 1. The molecule has 0 N–H and O–H groups in total. The molecule has 0 saturated carbocycles. The molecule has 0 spiro atoms. The Bertz CT molecular complexity index is 504. The van der Waals surface area contributed by atoms with E-state index in [1.54, 1.807) is 30.0 Å². The van der Waals surface area contributed by atoms with Crippen LogP contribution in [0.15, 0.2) is 24.5 Å². The highest BCUT2D eigenvalue weighted by Gasteiger charge is 2.12. The molecule has 78 valence electrons. The smallest absolute Gasteiger partial charge is 0.341 e. The third-order valence-electron chi connectivity index (χ3n) is 2.13. The van der Waals surface area contributed by atoms with Crippen molar-refractivity contribution in [3.05, 3.63) is 30.1 Å². The molecule has 0 aromatic carbocycles. The number of pyridine rings is 1. The zero-order chi connectivity index (χ0) is 10.8. The van der Waals surface area contributed by atoms with Crippen molar-refractivity contribution in [1.29, 1.82) is 0 Å². The van der Waals surface area contributed by atoms with Crippen molar-refractivity contribution in [2.45, 2.75) is 0 Å². The summed E-state index contributed by atoms with van der Waals surface area (Å²) in [4.78, 5) is 11.3. The number of esters is 1. The van der Waals surface area contributed by atoms with Crippen molar-refractivity contribution < 1.29 is 14.3 Å². The summed E-state index contributed by atoms with van der Waals surface area (Å²) in [6.45, 7) is 0. The number of ether oxygens (including phenoxy) is 2. The second kappa shape index (κ2) is 3.61. The predicted octanol–water partition coefficient (Wildman–Crippen LogP) is 1.13. The molecule has 0 aliphatic heterocycles. The van der Waals surface area contributed by atoms with E-state index in [1.807, 2.05) is 0 Å². The molecule has 5 nitrogen and oxygen atoms in total. The Hall–Kier alpha value is -2.04. The molecular formula is C10H10N2O3. The molecule has 0 radical (unpaired) electrons. The maximum absolute atomic E-state index is 11.3. The number of hydrogen-bond donors (Lipinski definition) is 0. The molecule has 0 aliphatic carbocycles. The maximum Gasteiger partial charge on any atom is 0.341 e. The highest BCUT2D eigenvalue weighted by Crippen LogP contribution is 2.16. The van der Waals surface area contributed by atoms with Crippen LogP contribution in [0, 0.1) is 0 Å². The number of methoxy groups -OCH3 is 2. The van der Waals surface area contributed by atoms with E-state index in [0.29, 0.717) is 16.8 Å². The number of carbonyl (C=O) groups is 1. The molecule has 0 unspecified atom stereocenters. The number of carbonyl (C=O) groups excluding carboxylic acids is 1. The maximum atomic E-state index is 11.3. The normalized spacial score (nSPS) is 10.3. The van der Waals surface area contributed by atoms with Crippen molar-refractivity contribution in [1.82, 2.24) is 9.61 Å². The first-order valence-corrected chi connectivity index (χ1v) is 4.36. The molecule has 0 bridgehead atoms. The van der Waals surface area contributed by atoms with E-state index in [9.17, 15) is 4.79 Å². The molecular weight excluding hydrogens is 196 g/mol. The summed E-state index contributed by atoms with van der Waals surface area (Å²) in [6, 6.07) is 3.53. The fourth-order valence-corrected chi connectivity index (χ4v) is 1.35. The van der Waals surface area contributed by atoms with Gasteiger partial charge in [-0.05, 0) is 12.1 Å². The monoisotopic (exact) mass is 206 g/mol. The second-order valence-corrected chi connectivity index (χ2v) is 2.95. The van der Waals surface area contributed by atoms with E-state index in [1.165, 1.54) is 13.3 Å². The lowest BCUT2D eigenvalue weighted by Gasteiger charge is -2.00. The molecule has 0 aliphatic rings. The molecule has 2 heterocycles. The summed E-state index contributed by atoms with van der Waals surface area (Å²) >= 11 is 0. The van der Waals surface area contributed by atoms with Crippen LogP contribution in [0.1, 0.15) is 10.4 Å². The molecule has 15 heavy (non-hydrogen) atoms. The van der Waals surface area contributed by atoms with Crippen LogP contribution in [0.4, 0.5) is 0 Å². The first-order valence-electron chi connectivity index (χ1n) is 4.36. The van der Waals surface area contributed by atoms with Crippen molar-refractivity contribution in [3.8, 4) is 5.75 Å². The first kappa shape index (κ1) is 9.51. The van der Waals surface area contributed by atoms with Crippen LogP contribution in [0.3, 0.4) is 0 Å². The van der Waals surface area contributed by atoms with Gasteiger partial charge in [-0.2, -0.15) is 5.10 Å². The Balaban J connectivity index is 2.57. The fourth-order valence-electron chi connectivity index (χ4n) is 1.35. The van der Waals surface area contributed by atoms with Gasteiger partial charge in [0.2, 0.25) is 0 Å². The van der Waals surface area contributed by atoms with Gasteiger partial charge in [-0.3, -0.25) is 0 Å². The fraction of sp³-hybridized carbons (Fsp3) is 0.200. The average Bonchev–Trinajstić information content (AvgIpc) is 2.70. The van der Waals surface area contributed by atoms with Crippen molar-refractivity contribution >= 4 is 11.5 Å². The van der Waals surface area contributed by atoms with E-state index >= 15 is 0 Å². The Morgan fingerprint density at radius 2 is 2.20 bits per heavy atom. The van der Waals surface area contributed by atoms with E-state index in [0.717, 1.165) is 0 Å². The summed E-state index contributed by atoms with van der Waals surface area (Å²) in [7, 11) is 2.92. The van der Waals surface area contributed by atoms with E-state index in [4.69, 9.17) is 4.74 Å². The van der Waals surface area contributed by atoms with Gasteiger partial charge in [0.1, 0.15) is 11.3 Å². The molecule has 0 atom stereocenters. The Labute approximate surface area is 86.2 Å². The Morgan fingerprint density at radius 1 is 1.40 bits per heavy atom. The zero-order valence-corrected chi connectivity index (χ0v) is 8.43. The third kappa shape index (κ3) is 1.52. The topological polar surface area (TPSA) is 52.8 Å². The van der Waals surface area contributed by atoms with Gasteiger partial charge in [-0.1, -0.05) is 0 Å². The lowest BCUT2D eigenvalue weighted by Crippen LogP contribution is -2.00. The molecule has 5 heteroatoms. The van der Waals surface area contributed by atoms with E-state index in [2.05, 4.69) is 9.84 Å². The largest absolute Gasteiger partial charge is 0.495 e. The van der Waals surface area contributed by atoms with Crippen LogP contribution < -0.4 is 4.74 Å². The standard InChI is InChI=1S/C10H10N2O3/c1-14-7-3-4-9-8(10(13)15-2)5-11-12(9)6-7/h3-6H,1-2H3. The molecule has 0 amide bonds. The van der Waals surface area contributed by atoms with Crippen LogP contribution in [-0.2, 0) is 4.74 Å². The Kier molecular flexibility index (Phi) is 2.29. The molecule has 0 fully saturated rings. The van der Waals surface area contributed by atoms with Gasteiger partial charge in [0.05, 0.1) is 32.1 Å². The van der Waals surface area contributed by atoms with Gasteiger partial charge in [-0.25, -0.2) is 9.31 Å². The number of aromatic nitrogens is 2. The number of nitrogens with zero attached hydrogens (tertiary/aromatic N) is 2. The third-order valence-corrected chi connectivity index (χ3v) is 2.13.